The van der Waals surface area contributed by atoms with Crippen LogP contribution in [0.3, 0.4) is 0 Å². The maximum absolute atomic E-state index is 13.2. The Balaban J connectivity index is 2.22. The van der Waals surface area contributed by atoms with Gasteiger partial charge in [0.05, 0.1) is 11.3 Å². The Kier molecular flexibility index (Phi) is 5.30. The van der Waals surface area contributed by atoms with Crippen molar-refractivity contribution in [1.82, 2.24) is 14.6 Å². The summed E-state index contributed by atoms with van der Waals surface area (Å²) < 4.78 is 80.4. The van der Waals surface area contributed by atoms with E-state index in [1.54, 1.807) is 5.32 Å². The molecule has 0 bridgehead atoms. The molecule has 1 aromatic heterocycles. The number of hydrogen-bond donors (Lipinski definition) is 1. The molecule has 0 aromatic carbocycles. The lowest BCUT2D eigenvalue weighted by Gasteiger charge is -2.40. The highest BCUT2D eigenvalue weighted by molar-refractivity contribution is 7.03. The summed E-state index contributed by atoms with van der Waals surface area (Å²) in [5.41, 5.74) is 0.194. The third kappa shape index (κ3) is 4.41. The number of carbonyl (C=O) groups is 2. The highest BCUT2D eigenvalue weighted by Gasteiger charge is 2.49. The Morgan fingerprint density at radius 1 is 1.24 bits per heavy atom. The lowest BCUT2D eigenvalue weighted by atomic mass is 9.96. The third-order valence-electron chi connectivity index (χ3n) is 3.79. The van der Waals surface area contributed by atoms with Gasteiger partial charge in [0.1, 0.15) is 6.04 Å². The number of likely N-dealkylation sites (tertiary alicyclic amines) is 1. The number of halogens is 6. The summed E-state index contributed by atoms with van der Waals surface area (Å²) in [5, 5.41) is 2.92. The average Bonchev–Trinajstić information content (AvgIpc) is 2.90. The zero-order valence-electron chi connectivity index (χ0n) is 12.7. The number of aromatic nitrogens is 1. The third-order valence-corrected chi connectivity index (χ3v) is 4.51. The minimum atomic E-state index is -5.15. The van der Waals surface area contributed by atoms with Gasteiger partial charge >= 0.3 is 18.3 Å². The summed E-state index contributed by atoms with van der Waals surface area (Å²) in [6, 6.07) is -3.35. The Hall–Kier alpha value is -1.85. The molecule has 0 unspecified atom stereocenters. The van der Waals surface area contributed by atoms with E-state index in [-0.39, 0.29) is 17.7 Å². The molecule has 2 heterocycles. The summed E-state index contributed by atoms with van der Waals surface area (Å²) in [6.07, 6.45) is -10.8. The summed E-state index contributed by atoms with van der Waals surface area (Å²) in [4.78, 5) is 23.9. The molecular formula is C13H13F6N3O2S. The van der Waals surface area contributed by atoms with Crippen LogP contribution in [0.5, 0.6) is 0 Å². The predicted molar refractivity (Wildman–Crippen MR) is 75.0 cm³/mol. The number of nitrogens with zero attached hydrogens (tertiary/aromatic N) is 2. The van der Waals surface area contributed by atoms with E-state index in [0.29, 0.717) is 4.90 Å². The van der Waals surface area contributed by atoms with Crippen molar-refractivity contribution in [3.8, 4) is 0 Å². The second kappa shape index (κ2) is 6.81. The van der Waals surface area contributed by atoms with Gasteiger partial charge in [0.25, 0.3) is 5.91 Å². The molecule has 2 amide bonds. The second-order valence-corrected chi connectivity index (χ2v) is 6.20. The molecule has 25 heavy (non-hydrogen) atoms. The van der Waals surface area contributed by atoms with Crippen LogP contribution >= 0.6 is 11.5 Å². The molecule has 1 saturated heterocycles. The second-order valence-electron chi connectivity index (χ2n) is 5.57. The average molecular weight is 389 g/mol. The molecule has 2 atom stereocenters. The molecule has 0 saturated carbocycles. The van der Waals surface area contributed by atoms with Crippen LogP contribution in [0, 0.1) is 6.92 Å². The van der Waals surface area contributed by atoms with Gasteiger partial charge < -0.3 is 10.2 Å². The van der Waals surface area contributed by atoms with Gasteiger partial charge in [-0.3, -0.25) is 9.59 Å². The molecule has 2 rings (SSSR count). The van der Waals surface area contributed by atoms with Crippen LogP contribution < -0.4 is 5.32 Å². The van der Waals surface area contributed by atoms with E-state index in [1.165, 1.54) is 12.3 Å². The molecule has 1 N–H and O–H groups in total. The topological polar surface area (TPSA) is 62.3 Å². The quantitative estimate of drug-likeness (QED) is 0.792. The van der Waals surface area contributed by atoms with Gasteiger partial charge in [0.15, 0.2) is 0 Å². The molecule has 0 radical (unpaired) electrons. The smallest absolute Gasteiger partial charge is 0.344 e. The van der Waals surface area contributed by atoms with Gasteiger partial charge in [-0.2, -0.15) is 30.7 Å². The largest absolute Gasteiger partial charge is 0.471 e. The van der Waals surface area contributed by atoms with E-state index in [4.69, 9.17) is 0 Å². The number of rotatable bonds is 2. The summed E-state index contributed by atoms with van der Waals surface area (Å²) in [7, 11) is 0. The van der Waals surface area contributed by atoms with Crippen molar-refractivity contribution >= 4 is 23.3 Å². The normalized spacial score (nSPS) is 22.0. The maximum Gasteiger partial charge on any atom is 0.471 e. The van der Waals surface area contributed by atoms with Crippen molar-refractivity contribution in [1.29, 1.82) is 0 Å². The number of amides is 2. The van der Waals surface area contributed by atoms with Gasteiger partial charge in [-0.1, -0.05) is 0 Å². The number of piperidine rings is 1. The molecule has 1 aliphatic heterocycles. The first-order chi connectivity index (χ1) is 11.4. The van der Waals surface area contributed by atoms with E-state index in [2.05, 4.69) is 4.37 Å². The summed E-state index contributed by atoms with van der Waals surface area (Å²) in [5.74, 6) is -3.22. The first-order valence-electron chi connectivity index (χ1n) is 7.07. The van der Waals surface area contributed by atoms with E-state index < -0.39 is 49.2 Å². The fourth-order valence-corrected chi connectivity index (χ4v) is 3.26. The number of hydrogen-bond acceptors (Lipinski definition) is 4. The first kappa shape index (κ1) is 19.5. The maximum atomic E-state index is 13.2. The number of alkyl halides is 6. The molecule has 1 fully saturated rings. The van der Waals surface area contributed by atoms with Crippen LogP contribution in [-0.2, 0) is 4.79 Å². The Labute approximate surface area is 142 Å². The molecule has 12 heteroatoms. The van der Waals surface area contributed by atoms with Crippen LogP contribution in [0.15, 0.2) is 5.38 Å². The van der Waals surface area contributed by atoms with Crippen LogP contribution in [0.2, 0.25) is 0 Å². The van der Waals surface area contributed by atoms with E-state index in [0.717, 1.165) is 11.5 Å². The SMILES string of the molecule is Cc1nscc1C(=O)N1C[C@H](NC(=O)C(F)(F)F)CC[C@H]1C(F)(F)F. The van der Waals surface area contributed by atoms with Crippen molar-refractivity contribution in [3.63, 3.8) is 0 Å². The molecular weight excluding hydrogens is 376 g/mol. The monoisotopic (exact) mass is 389 g/mol. The standard InChI is InChI=1S/C13H13F6N3O2S/c1-6-8(5-25-21-6)10(23)22-4-7(20-11(24)13(17,18)19)2-3-9(22)12(14,15)16/h5,7,9H,2-4H2,1H3,(H,20,24)/t7-,9+/m1/s1. The highest BCUT2D eigenvalue weighted by Crippen LogP contribution is 2.33. The molecule has 1 aromatic rings. The first-order valence-corrected chi connectivity index (χ1v) is 7.91. The zero-order valence-corrected chi connectivity index (χ0v) is 13.6. The fourth-order valence-electron chi connectivity index (χ4n) is 2.57. The molecule has 140 valence electrons. The highest BCUT2D eigenvalue weighted by atomic mass is 32.1. The minimum absolute atomic E-state index is 0.0398. The molecule has 0 aliphatic carbocycles. The number of carbonyl (C=O) groups excluding carboxylic acids is 2. The summed E-state index contributed by atoms with van der Waals surface area (Å²) in [6.45, 7) is 0.777. The van der Waals surface area contributed by atoms with Crippen molar-refractivity contribution in [2.24, 2.45) is 0 Å². The van der Waals surface area contributed by atoms with Crippen LogP contribution in [0.25, 0.3) is 0 Å². The van der Waals surface area contributed by atoms with Gasteiger partial charge in [-0.15, -0.1) is 0 Å². The van der Waals surface area contributed by atoms with E-state index >= 15 is 0 Å². The van der Waals surface area contributed by atoms with E-state index in [9.17, 15) is 35.9 Å². The number of nitrogens with one attached hydrogen (secondary N) is 1. The zero-order chi connectivity index (χ0) is 19.0. The summed E-state index contributed by atoms with van der Waals surface area (Å²) >= 11 is 0.885. The van der Waals surface area contributed by atoms with Gasteiger partial charge in [-0.05, 0) is 31.3 Å². The Bertz CT molecular complexity index is 657. The van der Waals surface area contributed by atoms with Crippen molar-refractivity contribution < 1.29 is 35.9 Å². The van der Waals surface area contributed by atoms with Crippen molar-refractivity contribution in [2.45, 2.75) is 44.2 Å². The molecule has 5 nitrogen and oxygen atoms in total. The van der Waals surface area contributed by atoms with Crippen molar-refractivity contribution in [2.75, 3.05) is 6.54 Å². The molecule has 1 aliphatic rings. The molecule has 0 spiro atoms. The fraction of sp³-hybridized carbons (Fsp3) is 0.615. The van der Waals surface area contributed by atoms with Crippen LogP contribution in [0.4, 0.5) is 26.3 Å². The lowest BCUT2D eigenvalue weighted by Crippen LogP contribution is -2.59. The van der Waals surface area contributed by atoms with E-state index in [1.807, 2.05) is 0 Å². The van der Waals surface area contributed by atoms with Gasteiger partial charge in [0, 0.05) is 18.0 Å². The lowest BCUT2D eigenvalue weighted by molar-refractivity contribution is -0.187. The minimum Gasteiger partial charge on any atom is -0.344 e. The van der Waals surface area contributed by atoms with Gasteiger partial charge in [0.2, 0.25) is 0 Å². The predicted octanol–water partition coefficient (Wildman–Crippen LogP) is 2.67. The van der Waals surface area contributed by atoms with Crippen LogP contribution in [0.1, 0.15) is 28.9 Å². The van der Waals surface area contributed by atoms with Crippen LogP contribution in [-0.4, -0.2) is 52.1 Å². The number of aryl methyl sites for hydroxylation is 1. The Morgan fingerprint density at radius 2 is 1.88 bits per heavy atom. The van der Waals surface area contributed by atoms with Crippen molar-refractivity contribution in [3.05, 3.63) is 16.6 Å². The van der Waals surface area contributed by atoms with Gasteiger partial charge in [-0.25, -0.2) is 0 Å². The Morgan fingerprint density at radius 3 is 2.36 bits per heavy atom.